The van der Waals surface area contributed by atoms with Crippen molar-refractivity contribution in [3.63, 3.8) is 0 Å². The second-order valence-electron chi connectivity index (χ2n) is 8.87. The van der Waals surface area contributed by atoms with Crippen LogP contribution in [0, 0.1) is 12.7 Å². The summed E-state index contributed by atoms with van der Waals surface area (Å²) < 4.78 is 26.1. The van der Waals surface area contributed by atoms with E-state index in [1.807, 2.05) is 60.0 Å². The van der Waals surface area contributed by atoms with E-state index >= 15 is 0 Å². The van der Waals surface area contributed by atoms with Crippen molar-refractivity contribution >= 4 is 39.9 Å². The first kappa shape index (κ1) is 24.2. The van der Waals surface area contributed by atoms with Crippen LogP contribution in [0.4, 0.5) is 15.8 Å². The molecule has 7 nitrogen and oxygen atoms in total. The van der Waals surface area contributed by atoms with Crippen molar-refractivity contribution < 1.29 is 18.7 Å². The third-order valence-electron chi connectivity index (χ3n) is 6.53. The second-order valence-corrected chi connectivity index (χ2v) is 10.1. The Labute approximate surface area is 214 Å². The number of nitrogens with zero attached hydrogens (tertiary/aromatic N) is 3. The quantitative estimate of drug-likeness (QED) is 0.531. The van der Waals surface area contributed by atoms with Crippen molar-refractivity contribution in [1.29, 1.82) is 0 Å². The molecular formula is C27H29FN4O3S. The molecule has 36 heavy (non-hydrogen) atoms. The molecule has 3 heterocycles. The lowest BCUT2D eigenvalue weighted by Gasteiger charge is -2.29. The standard InChI is InChI=1S/C27H29FN4O3S/c1-17-23(12-19-4-6-21(34-3)14-25(19)30-17)27(33)29-15-22-16-32(18(2)35-22)20-5-7-26(24(28)13-20)31-8-10-36-11-9-31/h4-7,12-14,22H,2,8-11,15-16H2,1,3H3,(H,29,33)/t22-/m0/s1. The number of methoxy groups -OCH3 is 1. The number of aromatic nitrogens is 1. The van der Waals surface area contributed by atoms with Gasteiger partial charge in [-0.15, -0.1) is 0 Å². The third kappa shape index (κ3) is 4.93. The number of hydrogen-bond donors (Lipinski definition) is 1. The number of pyridine rings is 1. The fraction of sp³-hybridized carbons (Fsp3) is 0.333. The fourth-order valence-electron chi connectivity index (χ4n) is 4.58. The van der Waals surface area contributed by atoms with E-state index in [0.717, 1.165) is 41.2 Å². The van der Waals surface area contributed by atoms with E-state index < -0.39 is 0 Å². The molecule has 0 saturated carbocycles. The van der Waals surface area contributed by atoms with E-state index in [0.29, 0.717) is 41.6 Å². The van der Waals surface area contributed by atoms with Gasteiger partial charge in [-0.1, -0.05) is 0 Å². The lowest BCUT2D eigenvalue weighted by atomic mass is 10.1. The number of hydrogen-bond acceptors (Lipinski definition) is 7. The van der Waals surface area contributed by atoms with E-state index in [-0.39, 0.29) is 17.8 Å². The smallest absolute Gasteiger partial charge is 0.253 e. The molecular weight excluding hydrogens is 479 g/mol. The molecule has 0 unspecified atom stereocenters. The zero-order valence-corrected chi connectivity index (χ0v) is 21.2. The predicted octanol–water partition coefficient (Wildman–Crippen LogP) is 4.35. The highest BCUT2D eigenvalue weighted by Gasteiger charge is 2.29. The van der Waals surface area contributed by atoms with Crippen LogP contribution in [0.3, 0.4) is 0 Å². The summed E-state index contributed by atoms with van der Waals surface area (Å²) in [5.41, 5.74) is 3.23. The summed E-state index contributed by atoms with van der Waals surface area (Å²) in [6.45, 7) is 8.25. The molecule has 0 radical (unpaired) electrons. The van der Waals surface area contributed by atoms with Gasteiger partial charge < -0.3 is 24.6 Å². The van der Waals surface area contributed by atoms with Gasteiger partial charge in [0.25, 0.3) is 5.91 Å². The molecule has 3 aromatic rings. The number of fused-ring (bicyclic) bond motifs is 1. The number of anilines is 2. The molecule has 0 spiro atoms. The maximum atomic E-state index is 14.9. The van der Waals surface area contributed by atoms with Crippen molar-refractivity contribution in [2.75, 3.05) is 54.6 Å². The SMILES string of the molecule is C=C1O[C@@H](CNC(=O)c2cc3ccc(OC)cc3nc2C)CN1c1ccc(N2CCSCC2)c(F)c1. The van der Waals surface area contributed by atoms with Gasteiger partial charge >= 0.3 is 0 Å². The molecule has 1 amide bonds. The molecule has 2 aromatic carbocycles. The number of amides is 1. The fourth-order valence-corrected chi connectivity index (χ4v) is 5.48. The van der Waals surface area contributed by atoms with Crippen LogP contribution >= 0.6 is 11.8 Å². The minimum atomic E-state index is -0.304. The largest absolute Gasteiger partial charge is 0.497 e. The Bertz CT molecular complexity index is 1310. The molecule has 2 aliphatic heterocycles. The molecule has 2 fully saturated rings. The van der Waals surface area contributed by atoms with Gasteiger partial charge in [0.2, 0.25) is 0 Å². The third-order valence-corrected chi connectivity index (χ3v) is 7.48. The Morgan fingerprint density at radius 3 is 2.81 bits per heavy atom. The molecule has 1 aromatic heterocycles. The number of carbonyl (C=O) groups is 1. The molecule has 1 atom stereocenters. The number of nitrogens with one attached hydrogen (secondary N) is 1. The van der Waals surface area contributed by atoms with Crippen molar-refractivity contribution in [3.8, 4) is 5.75 Å². The van der Waals surface area contributed by atoms with E-state index in [4.69, 9.17) is 9.47 Å². The van der Waals surface area contributed by atoms with Gasteiger partial charge in [0.05, 0.1) is 42.7 Å². The van der Waals surface area contributed by atoms with E-state index in [9.17, 15) is 9.18 Å². The number of benzene rings is 2. The number of carbonyl (C=O) groups excluding carboxylic acids is 1. The van der Waals surface area contributed by atoms with Crippen LogP contribution in [0.2, 0.25) is 0 Å². The van der Waals surface area contributed by atoms with Gasteiger partial charge in [-0.3, -0.25) is 9.78 Å². The Morgan fingerprint density at radius 2 is 2.06 bits per heavy atom. The monoisotopic (exact) mass is 508 g/mol. The summed E-state index contributed by atoms with van der Waals surface area (Å²) in [5.74, 6) is 2.70. The Balaban J connectivity index is 1.23. The number of rotatable bonds is 6. The van der Waals surface area contributed by atoms with Crippen molar-refractivity contribution in [3.05, 3.63) is 72.0 Å². The van der Waals surface area contributed by atoms with Crippen LogP contribution in [0.1, 0.15) is 16.1 Å². The van der Waals surface area contributed by atoms with E-state index in [1.165, 1.54) is 6.07 Å². The van der Waals surface area contributed by atoms with Gasteiger partial charge in [0.1, 0.15) is 17.7 Å². The minimum Gasteiger partial charge on any atom is -0.497 e. The highest BCUT2D eigenvalue weighted by Crippen LogP contribution is 2.31. The van der Waals surface area contributed by atoms with Gasteiger partial charge in [-0.25, -0.2) is 4.39 Å². The maximum absolute atomic E-state index is 14.9. The average molecular weight is 509 g/mol. The molecule has 5 rings (SSSR count). The average Bonchev–Trinajstić information content (AvgIpc) is 3.27. The molecule has 9 heteroatoms. The normalized spacial score (nSPS) is 17.9. The summed E-state index contributed by atoms with van der Waals surface area (Å²) >= 11 is 1.89. The summed E-state index contributed by atoms with van der Waals surface area (Å²) in [6.07, 6.45) is -0.304. The summed E-state index contributed by atoms with van der Waals surface area (Å²) in [6, 6.07) is 12.7. The first-order valence-electron chi connectivity index (χ1n) is 11.9. The van der Waals surface area contributed by atoms with Gasteiger partial charge in [-0.2, -0.15) is 11.8 Å². The van der Waals surface area contributed by atoms with Crippen molar-refractivity contribution in [1.82, 2.24) is 10.3 Å². The zero-order chi connectivity index (χ0) is 25.2. The Kier molecular flexibility index (Phi) is 6.91. The highest BCUT2D eigenvalue weighted by molar-refractivity contribution is 7.99. The van der Waals surface area contributed by atoms with E-state index in [2.05, 4.69) is 21.8 Å². The summed E-state index contributed by atoms with van der Waals surface area (Å²) in [5, 5.41) is 3.80. The van der Waals surface area contributed by atoms with Crippen LogP contribution in [0.15, 0.2) is 54.9 Å². The minimum absolute atomic E-state index is 0.222. The van der Waals surface area contributed by atoms with Crippen LogP contribution in [-0.4, -0.2) is 61.8 Å². The van der Waals surface area contributed by atoms with Crippen LogP contribution in [-0.2, 0) is 4.74 Å². The maximum Gasteiger partial charge on any atom is 0.253 e. The molecule has 1 N–H and O–H groups in total. The summed E-state index contributed by atoms with van der Waals surface area (Å²) in [4.78, 5) is 21.4. The first-order valence-corrected chi connectivity index (χ1v) is 13.1. The topological polar surface area (TPSA) is 66.9 Å². The zero-order valence-electron chi connectivity index (χ0n) is 20.4. The number of thioether (sulfide) groups is 1. The van der Waals surface area contributed by atoms with E-state index in [1.54, 1.807) is 7.11 Å². The molecule has 188 valence electrons. The van der Waals surface area contributed by atoms with Gasteiger partial charge in [0.15, 0.2) is 5.88 Å². The van der Waals surface area contributed by atoms with Crippen molar-refractivity contribution in [2.24, 2.45) is 0 Å². The van der Waals surface area contributed by atoms with Gasteiger partial charge in [-0.05, 0) is 49.9 Å². The lowest BCUT2D eigenvalue weighted by Crippen LogP contribution is -2.35. The second kappa shape index (κ2) is 10.3. The highest BCUT2D eigenvalue weighted by atomic mass is 32.2. The van der Waals surface area contributed by atoms with Crippen LogP contribution in [0.25, 0.3) is 10.9 Å². The number of ether oxygens (including phenoxy) is 2. The Morgan fingerprint density at radius 1 is 1.25 bits per heavy atom. The lowest BCUT2D eigenvalue weighted by molar-refractivity contribution is 0.0918. The first-order chi connectivity index (χ1) is 17.4. The molecule has 0 bridgehead atoms. The Hall–Kier alpha value is -3.46. The van der Waals surface area contributed by atoms with Crippen LogP contribution in [0.5, 0.6) is 5.75 Å². The number of aryl methyl sites for hydroxylation is 1. The molecule has 2 saturated heterocycles. The summed E-state index contributed by atoms with van der Waals surface area (Å²) in [7, 11) is 1.61. The van der Waals surface area contributed by atoms with Gasteiger partial charge in [0, 0.05) is 41.7 Å². The predicted molar refractivity (Wildman–Crippen MR) is 143 cm³/mol. The molecule has 0 aliphatic carbocycles. The van der Waals surface area contributed by atoms with Crippen LogP contribution < -0.4 is 19.9 Å². The molecule has 2 aliphatic rings. The van der Waals surface area contributed by atoms with Crippen molar-refractivity contribution in [2.45, 2.75) is 13.0 Å². The number of halogens is 1.